The lowest BCUT2D eigenvalue weighted by molar-refractivity contribution is 0.420. The molecule has 3 aromatic rings. The van der Waals surface area contributed by atoms with E-state index in [4.69, 9.17) is 23.2 Å². The Labute approximate surface area is 176 Å². The van der Waals surface area contributed by atoms with Crippen molar-refractivity contribution in [1.82, 2.24) is 4.57 Å². The third kappa shape index (κ3) is 3.41. The van der Waals surface area contributed by atoms with E-state index in [2.05, 4.69) is 18.0 Å². The summed E-state index contributed by atoms with van der Waals surface area (Å²) in [5, 5.41) is 11.5. The molecule has 0 aliphatic carbocycles. The van der Waals surface area contributed by atoms with Crippen LogP contribution in [0.3, 0.4) is 0 Å². The quantitative estimate of drug-likeness (QED) is 0.569. The average molecular weight is 431 g/mol. The maximum atomic E-state index is 12.4. The molecule has 4 nitrogen and oxygen atoms in total. The normalized spacial score (nSPS) is 14.0. The average Bonchev–Trinajstić information content (AvgIpc) is 3.21. The van der Waals surface area contributed by atoms with Crippen LogP contribution in [0.25, 0.3) is 11.6 Å². The molecule has 0 amide bonds. The van der Waals surface area contributed by atoms with Crippen LogP contribution < -0.4 is 4.87 Å². The molecular formula is C21H16Cl2N2O2S. The van der Waals surface area contributed by atoms with Crippen molar-refractivity contribution < 1.29 is 5.11 Å². The summed E-state index contributed by atoms with van der Waals surface area (Å²) < 4.78 is 1.33. The van der Waals surface area contributed by atoms with Crippen molar-refractivity contribution in [2.24, 2.45) is 4.99 Å². The van der Waals surface area contributed by atoms with Gasteiger partial charge in [0.2, 0.25) is 5.88 Å². The largest absolute Gasteiger partial charge is 0.493 e. The number of aromatic hydroxyl groups is 1. The molecule has 2 aromatic carbocycles. The highest BCUT2D eigenvalue weighted by atomic mass is 35.5. The van der Waals surface area contributed by atoms with Crippen LogP contribution in [0.2, 0.25) is 10.0 Å². The number of hydrogen-bond acceptors (Lipinski definition) is 4. The van der Waals surface area contributed by atoms with Gasteiger partial charge in [0.1, 0.15) is 0 Å². The zero-order valence-corrected chi connectivity index (χ0v) is 17.3. The monoisotopic (exact) mass is 430 g/mol. The number of rotatable bonds is 4. The molecule has 4 rings (SSSR count). The molecule has 1 aliphatic heterocycles. The van der Waals surface area contributed by atoms with Gasteiger partial charge in [-0.2, -0.15) is 0 Å². The van der Waals surface area contributed by atoms with Crippen molar-refractivity contribution in [1.29, 1.82) is 0 Å². The number of allylic oxidation sites excluding steroid dienone is 1. The van der Waals surface area contributed by atoms with E-state index in [1.165, 1.54) is 10.1 Å². The van der Waals surface area contributed by atoms with E-state index < -0.39 is 0 Å². The maximum absolute atomic E-state index is 12.4. The van der Waals surface area contributed by atoms with Crippen LogP contribution in [0.4, 0.5) is 5.69 Å². The number of aryl methyl sites for hydroxylation is 1. The number of aliphatic imine (C=N–C) groups is 1. The van der Waals surface area contributed by atoms with Crippen LogP contribution in [-0.4, -0.2) is 15.9 Å². The molecule has 2 heterocycles. The van der Waals surface area contributed by atoms with E-state index in [1.54, 1.807) is 24.4 Å². The van der Waals surface area contributed by atoms with Crippen LogP contribution in [0.5, 0.6) is 5.88 Å². The fraction of sp³-hybridized carbons (Fsp3) is 0.143. The van der Waals surface area contributed by atoms with Crippen molar-refractivity contribution in [2.45, 2.75) is 19.9 Å². The molecular weight excluding hydrogens is 415 g/mol. The minimum atomic E-state index is -0.243. The lowest BCUT2D eigenvalue weighted by Crippen LogP contribution is -2.13. The molecule has 1 N–H and O–H groups in total. The molecule has 0 atom stereocenters. The van der Waals surface area contributed by atoms with Gasteiger partial charge in [0.15, 0.2) is 0 Å². The van der Waals surface area contributed by atoms with Gasteiger partial charge >= 0.3 is 4.87 Å². The molecule has 0 radical (unpaired) electrons. The van der Waals surface area contributed by atoms with E-state index in [0.717, 1.165) is 40.1 Å². The van der Waals surface area contributed by atoms with Crippen molar-refractivity contribution in [3.63, 3.8) is 0 Å². The number of nitrogens with zero attached hydrogens (tertiary/aromatic N) is 2. The summed E-state index contributed by atoms with van der Waals surface area (Å²) in [6, 6.07) is 11.2. The van der Waals surface area contributed by atoms with Gasteiger partial charge in [-0.1, -0.05) is 65.7 Å². The van der Waals surface area contributed by atoms with Crippen molar-refractivity contribution in [3.8, 4) is 5.88 Å². The van der Waals surface area contributed by atoms with Crippen LogP contribution in [-0.2, 0) is 13.0 Å². The molecule has 0 saturated carbocycles. The molecule has 7 heteroatoms. The summed E-state index contributed by atoms with van der Waals surface area (Å²) in [7, 11) is 0. The molecule has 0 saturated heterocycles. The Hall–Kier alpha value is -2.34. The zero-order valence-electron chi connectivity index (χ0n) is 14.9. The molecule has 0 unspecified atom stereocenters. The first-order valence-electron chi connectivity index (χ1n) is 8.72. The van der Waals surface area contributed by atoms with Gasteiger partial charge in [0, 0.05) is 17.4 Å². The van der Waals surface area contributed by atoms with Crippen LogP contribution in [0.1, 0.15) is 28.5 Å². The number of thiazole rings is 1. The highest BCUT2D eigenvalue weighted by Crippen LogP contribution is 2.37. The first-order chi connectivity index (χ1) is 13.5. The molecule has 142 valence electrons. The molecule has 1 aromatic heterocycles. The van der Waals surface area contributed by atoms with E-state index in [1.807, 2.05) is 18.2 Å². The second-order valence-electron chi connectivity index (χ2n) is 6.42. The second kappa shape index (κ2) is 7.59. The first-order valence-corrected chi connectivity index (χ1v) is 10.3. The van der Waals surface area contributed by atoms with E-state index >= 15 is 0 Å². The Balaban J connectivity index is 1.70. The van der Waals surface area contributed by atoms with E-state index in [9.17, 15) is 9.90 Å². The number of benzene rings is 2. The lowest BCUT2D eigenvalue weighted by Gasteiger charge is -2.06. The minimum Gasteiger partial charge on any atom is -0.493 e. The summed E-state index contributed by atoms with van der Waals surface area (Å²) in [6.45, 7) is 2.31. The Morgan fingerprint density at radius 2 is 2.04 bits per heavy atom. The molecule has 0 bridgehead atoms. The predicted molar refractivity (Wildman–Crippen MR) is 118 cm³/mol. The topological polar surface area (TPSA) is 54.6 Å². The lowest BCUT2D eigenvalue weighted by atomic mass is 10.0. The predicted octanol–water partition coefficient (Wildman–Crippen LogP) is 5.79. The summed E-state index contributed by atoms with van der Waals surface area (Å²) in [4.78, 5) is 17.2. The highest BCUT2D eigenvalue weighted by Gasteiger charge is 2.18. The van der Waals surface area contributed by atoms with E-state index in [-0.39, 0.29) is 17.3 Å². The van der Waals surface area contributed by atoms with Gasteiger partial charge in [0.05, 0.1) is 27.2 Å². The molecule has 1 aliphatic rings. The van der Waals surface area contributed by atoms with Gasteiger partial charge in [0.25, 0.3) is 0 Å². The highest BCUT2D eigenvalue weighted by molar-refractivity contribution is 7.10. The molecule has 28 heavy (non-hydrogen) atoms. The summed E-state index contributed by atoms with van der Waals surface area (Å²) >= 11 is 13.0. The van der Waals surface area contributed by atoms with Crippen LogP contribution in [0, 0.1) is 0 Å². The number of hydrogen-bond donors (Lipinski definition) is 1. The number of para-hydroxylation sites is 1. The number of fused-ring (bicyclic) bond motifs is 1. The van der Waals surface area contributed by atoms with Gasteiger partial charge in [-0.25, -0.2) is 0 Å². The SMILES string of the molecule is CCc1cccc2c1N=CC2=Cc1sc(=O)n(Cc2ccc(Cl)c(Cl)c2)c1O. The maximum Gasteiger partial charge on any atom is 0.310 e. The Morgan fingerprint density at radius 1 is 1.21 bits per heavy atom. The van der Waals surface area contributed by atoms with Gasteiger partial charge in [-0.15, -0.1) is 0 Å². The smallest absolute Gasteiger partial charge is 0.310 e. The Kier molecular flexibility index (Phi) is 5.15. The first kappa shape index (κ1) is 19.0. The summed E-state index contributed by atoms with van der Waals surface area (Å²) in [5.74, 6) is -0.0675. The van der Waals surface area contributed by atoms with Crippen molar-refractivity contribution >= 4 is 58.1 Å². The van der Waals surface area contributed by atoms with Crippen LogP contribution in [0.15, 0.2) is 46.2 Å². The third-order valence-electron chi connectivity index (χ3n) is 4.65. The fourth-order valence-electron chi connectivity index (χ4n) is 3.19. The summed E-state index contributed by atoms with van der Waals surface area (Å²) in [5.41, 5.74) is 4.80. The van der Waals surface area contributed by atoms with Crippen molar-refractivity contribution in [2.75, 3.05) is 0 Å². The van der Waals surface area contributed by atoms with E-state index in [0.29, 0.717) is 14.9 Å². The second-order valence-corrected chi connectivity index (χ2v) is 8.22. The number of halogens is 2. The Morgan fingerprint density at radius 3 is 2.79 bits per heavy atom. The van der Waals surface area contributed by atoms with Crippen molar-refractivity contribution in [3.05, 3.63) is 77.7 Å². The molecule has 0 spiro atoms. The zero-order chi connectivity index (χ0) is 19.8. The Bertz CT molecular complexity index is 1190. The summed E-state index contributed by atoms with van der Waals surface area (Å²) in [6.07, 6.45) is 4.48. The fourth-order valence-corrected chi connectivity index (χ4v) is 4.35. The minimum absolute atomic E-state index is 0.0675. The third-order valence-corrected chi connectivity index (χ3v) is 6.30. The van der Waals surface area contributed by atoms with Crippen LogP contribution >= 0.6 is 34.5 Å². The number of aromatic nitrogens is 1. The van der Waals surface area contributed by atoms with Gasteiger partial charge < -0.3 is 5.11 Å². The standard InChI is InChI=1S/C21H16Cl2N2O2S/c1-2-13-4-3-5-15-14(10-24-19(13)15)9-18-20(26)25(21(27)28-18)11-12-6-7-16(22)17(23)8-12/h3-10,26H,2,11H2,1H3. The molecule has 0 fully saturated rings. The van der Waals surface area contributed by atoms with Gasteiger partial charge in [-0.3, -0.25) is 14.4 Å². The van der Waals surface area contributed by atoms with Gasteiger partial charge in [-0.05, 0) is 35.8 Å².